The zero-order valence-electron chi connectivity index (χ0n) is 16.3. The Morgan fingerprint density at radius 3 is 2.31 bits per heavy atom. The van der Waals surface area contributed by atoms with E-state index >= 15 is 0 Å². The summed E-state index contributed by atoms with van der Waals surface area (Å²) in [7, 11) is 0. The predicted molar refractivity (Wildman–Crippen MR) is 104 cm³/mol. The number of ether oxygens (including phenoxy) is 1. The van der Waals surface area contributed by atoms with E-state index in [0.29, 0.717) is 25.8 Å². The number of amides is 2. The second-order valence-electron chi connectivity index (χ2n) is 6.54. The fourth-order valence-corrected chi connectivity index (χ4v) is 2.53. The molecule has 0 saturated heterocycles. The molecule has 4 N–H and O–H groups in total. The highest BCUT2D eigenvalue weighted by Crippen LogP contribution is 2.05. The molecular weight excluding hydrogens is 380 g/mol. The molecule has 1 rings (SSSR count). The molecule has 2 amide bonds. The second-order valence-corrected chi connectivity index (χ2v) is 6.54. The third-order valence-corrected chi connectivity index (χ3v) is 4.08. The van der Waals surface area contributed by atoms with Gasteiger partial charge in [-0.2, -0.15) is 0 Å². The number of hydrogen-bond donors (Lipinski definition) is 4. The first-order chi connectivity index (χ1) is 13.9. The van der Waals surface area contributed by atoms with Gasteiger partial charge in [-0.05, 0) is 31.2 Å². The summed E-state index contributed by atoms with van der Waals surface area (Å²) in [6.07, 6.45) is 1.67. The number of alkyl carbamates (subject to hydrolysis) is 1. The molecule has 0 aliphatic heterocycles. The lowest BCUT2D eigenvalue weighted by molar-refractivity contribution is -0.142. The molecule has 1 unspecified atom stereocenters. The standard InChI is InChI=1S/C20H28N2O7/c23-17(22-16(19(26)27)10-7-12-18(24)25)11-5-2-6-13-21-20(28)29-14-15-8-3-1-4-9-15/h1,3-4,8-9,16H,2,5-7,10-14H2,(H,21,28)(H,22,23)(H,24,25)(H,26,27). The van der Waals surface area contributed by atoms with Crippen molar-refractivity contribution in [2.75, 3.05) is 6.54 Å². The Hall–Kier alpha value is -3.10. The normalized spacial score (nSPS) is 11.3. The summed E-state index contributed by atoms with van der Waals surface area (Å²) in [4.78, 5) is 45.0. The summed E-state index contributed by atoms with van der Waals surface area (Å²) in [6.45, 7) is 0.617. The van der Waals surface area contributed by atoms with E-state index in [4.69, 9.17) is 14.9 Å². The quantitative estimate of drug-likeness (QED) is 0.346. The number of nitrogens with one attached hydrogen (secondary N) is 2. The Morgan fingerprint density at radius 2 is 1.66 bits per heavy atom. The van der Waals surface area contributed by atoms with Crippen LogP contribution in [0.5, 0.6) is 0 Å². The van der Waals surface area contributed by atoms with Gasteiger partial charge in [-0.25, -0.2) is 9.59 Å². The number of carboxylic acid groups (broad SMARTS) is 2. The van der Waals surface area contributed by atoms with Crippen molar-refractivity contribution >= 4 is 23.9 Å². The van der Waals surface area contributed by atoms with E-state index in [9.17, 15) is 19.2 Å². The van der Waals surface area contributed by atoms with Gasteiger partial charge in [0.2, 0.25) is 5.91 Å². The van der Waals surface area contributed by atoms with Crippen LogP contribution in [-0.2, 0) is 25.7 Å². The minimum atomic E-state index is -1.18. The van der Waals surface area contributed by atoms with Crippen LogP contribution in [0.1, 0.15) is 50.5 Å². The van der Waals surface area contributed by atoms with Crippen LogP contribution >= 0.6 is 0 Å². The predicted octanol–water partition coefficient (Wildman–Crippen LogP) is 2.30. The lowest BCUT2D eigenvalue weighted by Crippen LogP contribution is -2.40. The van der Waals surface area contributed by atoms with E-state index in [1.165, 1.54) is 0 Å². The first kappa shape index (κ1) is 23.9. The molecule has 0 saturated carbocycles. The van der Waals surface area contributed by atoms with Gasteiger partial charge in [-0.3, -0.25) is 9.59 Å². The summed E-state index contributed by atoms with van der Waals surface area (Å²) in [5, 5.41) is 22.7. The van der Waals surface area contributed by atoms with Crippen LogP contribution in [0.3, 0.4) is 0 Å². The summed E-state index contributed by atoms with van der Waals surface area (Å²) >= 11 is 0. The Kier molecular flexibility index (Phi) is 11.5. The summed E-state index contributed by atoms with van der Waals surface area (Å²) in [5.74, 6) is -2.57. The zero-order chi connectivity index (χ0) is 21.5. The van der Waals surface area contributed by atoms with E-state index in [1.54, 1.807) is 0 Å². The third kappa shape index (κ3) is 12.1. The molecular formula is C20H28N2O7. The number of rotatable bonds is 14. The van der Waals surface area contributed by atoms with Crippen molar-refractivity contribution in [2.45, 2.75) is 57.6 Å². The molecule has 1 aromatic rings. The van der Waals surface area contributed by atoms with Crippen molar-refractivity contribution in [3.8, 4) is 0 Å². The lowest BCUT2D eigenvalue weighted by Gasteiger charge is -2.14. The molecule has 0 radical (unpaired) electrons. The van der Waals surface area contributed by atoms with Gasteiger partial charge in [0.15, 0.2) is 0 Å². The number of carboxylic acids is 2. The van der Waals surface area contributed by atoms with Crippen LogP contribution in [0.25, 0.3) is 0 Å². The molecule has 0 aliphatic carbocycles. The van der Waals surface area contributed by atoms with Crippen molar-refractivity contribution in [2.24, 2.45) is 0 Å². The van der Waals surface area contributed by atoms with E-state index in [1.807, 2.05) is 30.3 Å². The largest absolute Gasteiger partial charge is 0.481 e. The molecule has 29 heavy (non-hydrogen) atoms. The molecule has 160 valence electrons. The van der Waals surface area contributed by atoms with E-state index < -0.39 is 24.1 Å². The van der Waals surface area contributed by atoms with Gasteiger partial charge in [0.1, 0.15) is 12.6 Å². The first-order valence-corrected chi connectivity index (χ1v) is 9.57. The van der Waals surface area contributed by atoms with Gasteiger partial charge in [0, 0.05) is 19.4 Å². The van der Waals surface area contributed by atoms with Crippen molar-refractivity contribution in [1.29, 1.82) is 0 Å². The van der Waals surface area contributed by atoms with Crippen molar-refractivity contribution in [3.63, 3.8) is 0 Å². The molecule has 0 bridgehead atoms. The molecule has 1 aromatic carbocycles. The van der Waals surface area contributed by atoms with Crippen LogP contribution in [0.2, 0.25) is 0 Å². The van der Waals surface area contributed by atoms with Gasteiger partial charge in [0.25, 0.3) is 0 Å². The monoisotopic (exact) mass is 408 g/mol. The topological polar surface area (TPSA) is 142 Å². The molecule has 9 heteroatoms. The highest BCUT2D eigenvalue weighted by atomic mass is 16.5. The second kappa shape index (κ2) is 14.0. The summed E-state index contributed by atoms with van der Waals surface area (Å²) < 4.78 is 5.08. The number of hydrogen-bond acceptors (Lipinski definition) is 5. The molecule has 0 fully saturated rings. The average molecular weight is 408 g/mol. The van der Waals surface area contributed by atoms with Gasteiger partial charge < -0.3 is 25.6 Å². The highest BCUT2D eigenvalue weighted by molar-refractivity contribution is 5.83. The van der Waals surface area contributed by atoms with Crippen LogP contribution in [0.4, 0.5) is 4.79 Å². The van der Waals surface area contributed by atoms with Crippen molar-refractivity contribution < 1.29 is 34.1 Å². The fourth-order valence-electron chi connectivity index (χ4n) is 2.53. The van der Waals surface area contributed by atoms with Crippen molar-refractivity contribution in [1.82, 2.24) is 10.6 Å². The van der Waals surface area contributed by atoms with E-state index in [2.05, 4.69) is 10.6 Å². The van der Waals surface area contributed by atoms with Crippen LogP contribution in [0.15, 0.2) is 30.3 Å². The average Bonchev–Trinajstić information content (AvgIpc) is 2.68. The van der Waals surface area contributed by atoms with Crippen LogP contribution < -0.4 is 10.6 Å². The minimum Gasteiger partial charge on any atom is -0.481 e. The van der Waals surface area contributed by atoms with Crippen molar-refractivity contribution in [3.05, 3.63) is 35.9 Å². The number of benzene rings is 1. The fraction of sp³-hybridized carbons (Fsp3) is 0.500. The lowest BCUT2D eigenvalue weighted by atomic mass is 10.1. The molecule has 0 aliphatic rings. The Morgan fingerprint density at radius 1 is 0.931 bits per heavy atom. The number of carbonyl (C=O) groups excluding carboxylic acids is 2. The summed E-state index contributed by atoms with van der Waals surface area (Å²) in [6, 6.07) is 8.25. The molecule has 0 spiro atoms. The maximum atomic E-state index is 11.8. The Labute approximate surface area is 169 Å². The number of carbonyl (C=O) groups is 4. The van der Waals surface area contributed by atoms with Crippen LogP contribution in [0, 0.1) is 0 Å². The minimum absolute atomic E-state index is 0.0718. The number of aliphatic carboxylic acids is 2. The summed E-state index contributed by atoms with van der Waals surface area (Å²) in [5.41, 5.74) is 0.899. The van der Waals surface area contributed by atoms with Gasteiger partial charge in [0.05, 0.1) is 0 Å². The molecule has 0 aromatic heterocycles. The molecule has 9 nitrogen and oxygen atoms in total. The SMILES string of the molecule is O=C(O)CCCC(NC(=O)CCCCCNC(=O)OCc1ccccc1)C(=O)O. The molecule has 0 heterocycles. The van der Waals surface area contributed by atoms with E-state index in [0.717, 1.165) is 5.56 Å². The van der Waals surface area contributed by atoms with Crippen LogP contribution in [-0.4, -0.2) is 46.7 Å². The third-order valence-electron chi connectivity index (χ3n) is 4.08. The maximum absolute atomic E-state index is 11.8. The van der Waals surface area contributed by atoms with Gasteiger partial charge in [-0.15, -0.1) is 0 Å². The molecule has 1 atom stereocenters. The smallest absolute Gasteiger partial charge is 0.407 e. The Balaban J connectivity index is 2.09. The maximum Gasteiger partial charge on any atom is 0.407 e. The van der Waals surface area contributed by atoms with Gasteiger partial charge in [-0.1, -0.05) is 36.8 Å². The Bertz CT molecular complexity index is 664. The zero-order valence-corrected chi connectivity index (χ0v) is 16.3. The van der Waals surface area contributed by atoms with E-state index in [-0.39, 0.29) is 38.2 Å². The number of unbranched alkanes of at least 4 members (excludes halogenated alkanes) is 2. The first-order valence-electron chi connectivity index (χ1n) is 9.57. The highest BCUT2D eigenvalue weighted by Gasteiger charge is 2.19. The van der Waals surface area contributed by atoms with Gasteiger partial charge >= 0.3 is 18.0 Å².